The molecule has 0 bridgehead atoms. The van der Waals surface area contributed by atoms with E-state index in [1.807, 2.05) is 0 Å². The van der Waals surface area contributed by atoms with E-state index < -0.39 is 0 Å². The molecule has 1 N–H and O–H groups in total. The van der Waals surface area contributed by atoms with Crippen LogP contribution in [0.4, 0.5) is 5.69 Å². The third-order valence-corrected chi connectivity index (χ3v) is 3.93. The molecule has 0 radical (unpaired) electrons. The monoisotopic (exact) mass is 267 g/mol. The summed E-state index contributed by atoms with van der Waals surface area (Å²) in [7, 11) is 0. The SMILES string of the molecule is CCc1ccc(C(C)Nc2c(C)cc(C)cc2C)cc1. The minimum atomic E-state index is 0.320. The predicted molar refractivity (Wildman–Crippen MR) is 88.5 cm³/mol. The zero-order valence-electron chi connectivity index (χ0n) is 13.2. The van der Waals surface area contributed by atoms with Crippen LogP contribution in [0.15, 0.2) is 36.4 Å². The van der Waals surface area contributed by atoms with E-state index in [-0.39, 0.29) is 0 Å². The summed E-state index contributed by atoms with van der Waals surface area (Å²) in [5.41, 5.74) is 7.96. The largest absolute Gasteiger partial charge is 0.378 e. The second-order valence-corrected chi connectivity index (χ2v) is 5.73. The molecule has 0 aliphatic heterocycles. The summed E-state index contributed by atoms with van der Waals surface area (Å²) in [6, 6.07) is 13.7. The molecule has 2 aromatic carbocycles. The summed E-state index contributed by atoms with van der Waals surface area (Å²) >= 11 is 0. The van der Waals surface area contributed by atoms with Crippen molar-refractivity contribution in [2.45, 2.75) is 47.1 Å². The van der Waals surface area contributed by atoms with Crippen molar-refractivity contribution in [2.75, 3.05) is 5.32 Å². The Morgan fingerprint density at radius 2 is 1.50 bits per heavy atom. The quantitative estimate of drug-likeness (QED) is 0.787. The normalized spacial score (nSPS) is 12.2. The molecule has 1 atom stereocenters. The van der Waals surface area contributed by atoms with Gasteiger partial charge in [0, 0.05) is 11.7 Å². The average molecular weight is 267 g/mol. The van der Waals surface area contributed by atoms with Crippen molar-refractivity contribution in [3.05, 3.63) is 64.2 Å². The van der Waals surface area contributed by atoms with Gasteiger partial charge in [0.15, 0.2) is 0 Å². The Kier molecular flexibility index (Phi) is 4.49. The highest BCUT2D eigenvalue weighted by molar-refractivity contribution is 5.59. The Bertz CT molecular complexity index is 558. The second-order valence-electron chi connectivity index (χ2n) is 5.73. The Balaban J connectivity index is 2.20. The maximum Gasteiger partial charge on any atom is 0.0485 e. The molecule has 1 nitrogen and oxygen atoms in total. The summed E-state index contributed by atoms with van der Waals surface area (Å²) < 4.78 is 0. The molecule has 0 aromatic heterocycles. The highest BCUT2D eigenvalue weighted by Crippen LogP contribution is 2.26. The molecule has 0 spiro atoms. The van der Waals surface area contributed by atoms with E-state index in [4.69, 9.17) is 0 Å². The Labute approximate surface area is 123 Å². The fourth-order valence-corrected chi connectivity index (χ4v) is 2.75. The Hall–Kier alpha value is -1.76. The van der Waals surface area contributed by atoms with Gasteiger partial charge in [-0.1, -0.05) is 48.9 Å². The molecule has 106 valence electrons. The van der Waals surface area contributed by atoms with E-state index in [1.165, 1.54) is 33.5 Å². The minimum absolute atomic E-state index is 0.320. The number of rotatable bonds is 4. The first kappa shape index (κ1) is 14.6. The topological polar surface area (TPSA) is 12.0 Å². The van der Waals surface area contributed by atoms with E-state index in [9.17, 15) is 0 Å². The van der Waals surface area contributed by atoms with Crippen molar-refractivity contribution in [3.8, 4) is 0 Å². The minimum Gasteiger partial charge on any atom is -0.378 e. The van der Waals surface area contributed by atoms with Crippen LogP contribution < -0.4 is 5.32 Å². The average Bonchev–Trinajstić information content (AvgIpc) is 2.42. The first-order valence-electron chi connectivity index (χ1n) is 7.44. The molecule has 0 fully saturated rings. The molecule has 0 heterocycles. The van der Waals surface area contributed by atoms with Crippen molar-refractivity contribution < 1.29 is 0 Å². The number of aryl methyl sites for hydroxylation is 4. The van der Waals surface area contributed by atoms with Crippen LogP contribution in [-0.2, 0) is 6.42 Å². The van der Waals surface area contributed by atoms with E-state index in [0.717, 1.165) is 6.42 Å². The molecule has 1 unspecified atom stereocenters. The highest BCUT2D eigenvalue weighted by Gasteiger charge is 2.09. The lowest BCUT2D eigenvalue weighted by Gasteiger charge is -2.20. The first-order valence-corrected chi connectivity index (χ1v) is 7.44. The van der Waals surface area contributed by atoms with Crippen molar-refractivity contribution in [2.24, 2.45) is 0 Å². The Morgan fingerprint density at radius 3 is 2.00 bits per heavy atom. The summed E-state index contributed by atoms with van der Waals surface area (Å²) in [5.74, 6) is 0. The maximum absolute atomic E-state index is 3.66. The van der Waals surface area contributed by atoms with Crippen LogP contribution in [0, 0.1) is 20.8 Å². The zero-order chi connectivity index (χ0) is 14.7. The third-order valence-electron chi connectivity index (χ3n) is 3.93. The molecule has 0 aliphatic rings. The first-order chi connectivity index (χ1) is 9.51. The lowest BCUT2D eigenvalue weighted by Crippen LogP contribution is -2.09. The van der Waals surface area contributed by atoms with Crippen LogP contribution in [0.1, 0.15) is 47.7 Å². The standard InChI is InChI=1S/C19H25N/c1-6-17-7-9-18(10-8-17)16(5)20-19-14(3)11-13(2)12-15(19)4/h7-12,16,20H,6H2,1-5H3. The van der Waals surface area contributed by atoms with E-state index in [2.05, 4.69) is 76.3 Å². The number of benzene rings is 2. The molecule has 1 heteroatoms. The van der Waals surface area contributed by atoms with Gasteiger partial charge in [-0.2, -0.15) is 0 Å². The smallest absolute Gasteiger partial charge is 0.0485 e. The lowest BCUT2D eigenvalue weighted by atomic mass is 10.0. The molecule has 0 saturated heterocycles. The molecule has 2 rings (SSSR count). The van der Waals surface area contributed by atoms with Gasteiger partial charge in [-0.15, -0.1) is 0 Å². The van der Waals surface area contributed by atoms with Gasteiger partial charge in [0.05, 0.1) is 0 Å². The van der Waals surface area contributed by atoms with Crippen molar-refractivity contribution in [1.29, 1.82) is 0 Å². The van der Waals surface area contributed by atoms with Crippen LogP contribution in [0.25, 0.3) is 0 Å². The van der Waals surface area contributed by atoms with E-state index >= 15 is 0 Å². The number of hydrogen-bond donors (Lipinski definition) is 1. The molecule has 0 amide bonds. The van der Waals surface area contributed by atoms with Gasteiger partial charge < -0.3 is 5.32 Å². The highest BCUT2D eigenvalue weighted by atomic mass is 14.9. The fraction of sp³-hybridized carbons (Fsp3) is 0.368. The van der Waals surface area contributed by atoms with Crippen LogP contribution in [0.3, 0.4) is 0 Å². The Morgan fingerprint density at radius 1 is 0.950 bits per heavy atom. The molecule has 20 heavy (non-hydrogen) atoms. The lowest BCUT2D eigenvalue weighted by molar-refractivity contribution is 0.878. The van der Waals surface area contributed by atoms with Gasteiger partial charge in [-0.25, -0.2) is 0 Å². The third kappa shape index (κ3) is 3.22. The van der Waals surface area contributed by atoms with Crippen LogP contribution in [0.5, 0.6) is 0 Å². The fourth-order valence-electron chi connectivity index (χ4n) is 2.75. The summed E-state index contributed by atoms with van der Waals surface area (Å²) in [6.07, 6.45) is 1.10. The molecule has 0 saturated carbocycles. The van der Waals surface area contributed by atoms with Crippen LogP contribution in [-0.4, -0.2) is 0 Å². The summed E-state index contributed by atoms with van der Waals surface area (Å²) in [6.45, 7) is 10.9. The van der Waals surface area contributed by atoms with Gasteiger partial charge in [0.1, 0.15) is 0 Å². The molecule has 2 aromatic rings. The molecular weight excluding hydrogens is 242 g/mol. The van der Waals surface area contributed by atoms with E-state index in [1.54, 1.807) is 0 Å². The second kappa shape index (κ2) is 6.13. The van der Waals surface area contributed by atoms with Gasteiger partial charge in [-0.3, -0.25) is 0 Å². The van der Waals surface area contributed by atoms with Crippen molar-refractivity contribution in [3.63, 3.8) is 0 Å². The maximum atomic E-state index is 3.66. The van der Waals surface area contributed by atoms with Gasteiger partial charge >= 0.3 is 0 Å². The van der Waals surface area contributed by atoms with Gasteiger partial charge in [0.25, 0.3) is 0 Å². The van der Waals surface area contributed by atoms with E-state index in [0.29, 0.717) is 6.04 Å². The molecule has 0 aliphatic carbocycles. The summed E-state index contributed by atoms with van der Waals surface area (Å²) in [5, 5.41) is 3.66. The van der Waals surface area contributed by atoms with Crippen LogP contribution >= 0.6 is 0 Å². The van der Waals surface area contributed by atoms with Crippen LogP contribution in [0.2, 0.25) is 0 Å². The zero-order valence-corrected chi connectivity index (χ0v) is 13.2. The summed E-state index contributed by atoms with van der Waals surface area (Å²) in [4.78, 5) is 0. The van der Waals surface area contributed by atoms with Crippen molar-refractivity contribution >= 4 is 5.69 Å². The predicted octanol–water partition coefficient (Wildman–Crippen LogP) is 5.35. The number of hydrogen-bond acceptors (Lipinski definition) is 1. The van der Waals surface area contributed by atoms with Gasteiger partial charge in [0.2, 0.25) is 0 Å². The number of nitrogens with one attached hydrogen (secondary N) is 1. The molecular formula is C19H25N. The van der Waals surface area contributed by atoms with Gasteiger partial charge in [-0.05, 0) is 56.4 Å². The number of anilines is 1. The van der Waals surface area contributed by atoms with Crippen molar-refractivity contribution in [1.82, 2.24) is 0 Å².